The molecule has 2 aromatic rings. The third-order valence-corrected chi connectivity index (χ3v) is 5.16. The van der Waals surface area contributed by atoms with Gasteiger partial charge in [0.25, 0.3) is 10.0 Å². The quantitative estimate of drug-likeness (QED) is 0.844. The van der Waals surface area contributed by atoms with Gasteiger partial charge in [0.2, 0.25) is 0 Å². The first-order chi connectivity index (χ1) is 9.29. The maximum absolute atomic E-state index is 12.3. The Kier molecular flexibility index (Phi) is 4.59. The van der Waals surface area contributed by atoms with Gasteiger partial charge in [0.1, 0.15) is 4.90 Å². The van der Waals surface area contributed by atoms with Crippen LogP contribution in [-0.2, 0) is 10.0 Å². The number of sulfonamides is 1. The van der Waals surface area contributed by atoms with Gasteiger partial charge >= 0.3 is 0 Å². The van der Waals surface area contributed by atoms with E-state index >= 15 is 0 Å². The smallest absolute Gasteiger partial charge is 0.264 e. The lowest BCUT2D eigenvalue weighted by Gasteiger charge is -2.11. The summed E-state index contributed by atoms with van der Waals surface area (Å²) in [7, 11) is -3.88. The fraction of sp³-hybridized carbons (Fsp3) is 0.0833. The van der Waals surface area contributed by atoms with Gasteiger partial charge in [-0.1, -0.05) is 39.1 Å². The number of anilines is 1. The standard InChI is InChI=1S/C12H9BrCl2N2O2S/c1-7-2-3-9(6-16-7)17-20(18,19)12-10(14)4-8(13)5-11(12)15/h2-6,17H,1H3. The van der Waals surface area contributed by atoms with Gasteiger partial charge in [-0.2, -0.15) is 0 Å². The molecule has 0 saturated heterocycles. The van der Waals surface area contributed by atoms with Gasteiger partial charge in [-0.3, -0.25) is 9.71 Å². The van der Waals surface area contributed by atoms with Crippen LogP contribution in [0.1, 0.15) is 5.69 Å². The fourth-order valence-electron chi connectivity index (χ4n) is 1.52. The zero-order chi connectivity index (χ0) is 14.9. The zero-order valence-electron chi connectivity index (χ0n) is 10.2. The highest BCUT2D eigenvalue weighted by Crippen LogP contribution is 2.33. The first-order valence-corrected chi connectivity index (χ1v) is 8.43. The minimum absolute atomic E-state index is 0.0388. The van der Waals surface area contributed by atoms with Crippen LogP contribution in [0.3, 0.4) is 0 Å². The maximum atomic E-state index is 12.3. The lowest BCUT2D eigenvalue weighted by Crippen LogP contribution is -2.14. The van der Waals surface area contributed by atoms with Gasteiger partial charge in [0, 0.05) is 10.2 Å². The van der Waals surface area contributed by atoms with Crippen molar-refractivity contribution in [1.82, 2.24) is 4.98 Å². The van der Waals surface area contributed by atoms with Crippen LogP contribution in [0.5, 0.6) is 0 Å². The summed E-state index contributed by atoms with van der Waals surface area (Å²) in [6.45, 7) is 1.81. The number of aryl methyl sites for hydroxylation is 1. The highest BCUT2D eigenvalue weighted by Gasteiger charge is 2.22. The summed E-state index contributed by atoms with van der Waals surface area (Å²) in [4.78, 5) is 3.85. The lowest BCUT2D eigenvalue weighted by atomic mass is 10.4. The van der Waals surface area contributed by atoms with E-state index in [0.717, 1.165) is 5.69 Å². The van der Waals surface area contributed by atoms with Crippen LogP contribution in [0.25, 0.3) is 0 Å². The molecule has 0 aliphatic rings. The van der Waals surface area contributed by atoms with Crippen molar-refractivity contribution in [3.05, 3.63) is 50.7 Å². The molecule has 8 heteroatoms. The van der Waals surface area contributed by atoms with E-state index in [4.69, 9.17) is 23.2 Å². The van der Waals surface area contributed by atoms with Crippen LogP contribution in [0, 0.1) is 6.92 Å². The van der Waals surface area contributed by atoms with Crippen molar-refractivity contribution in [2.75, 3.05) is 4.72 Å². The van der Waals surface area contributed by atoms with E-state index < -0.39 is 10.0 Å². The third kappa shape index (κ3) is 3.44. The lowest BCUT2D eigenvalue weighted by molar-refractivity contribution is 0.601. The summed E-state index contributed by atoms with van der Waals surface area (Å²) >= 11 is 15.1. The van der Waals surface area contributed by atoms with E-state index in [2.05, 4.69) is 25.6 Å². The molecule has 1 N–H and O–H groups in total. The second-order valence-corrected chi connectivity index (χ2v) is 7.34. The number of hydrogen-bond donors (Lipinski definition) is 1. The molecular formula is C12H9BrCl2N2O2S. The Bertz CT molecular complexity index is 726. The molecule has 0 bridgehead atoms. The van der Waals surface area contributed by atoms with Crippen LogP contribution in [0.2, 0.25) is 10.0 Å². The Morgan fingerprint density at radius 2 is 1.80 bits per heavy atom. The van der Waals surface area contributed by atoms with Gasteiger partial charge in [-0.05, 0) is 31.2 Å². The Labute approximate surface area is 135 Å². The van der Waals surface area contributed by atoms with E-state index in [1.807, 2.05) is 0 Å². The second kappa shape index (κ2) is 5.89. The van der Waals surface area contributed by atoms with Crippen molar-refractivity contribution < 1.29 is 8.42 Å². The Hall–Kier alpha value is -0.820. The van der Waals surface area contributed by atoms with Crippen molar-refractivity contribution in [3.63, 3.8) is 0 Å². The number of hydrogen-bond acceptors (Lipinski definition) is 3. The van der Waals surface area contributed by atoms with E-state index in [1.54, 1.807) is 19.1 Å². The molecule has 0 aliphatic carbocycles. The van der Waals surface area contributed by atoms with Crippen LogP contribution >= 0.6 is 39.1 Å². The first kappa shape index (κ1) is 15.6. The molecular weight excluding hydrogens is 387 g/mol. The normalized spacial score (nSPS) is 11.4. The fourth-order valence-corrected chi connectivity index (χ4v) is 4.50. The average molecular weight is 396 g/mol. The van der Waals surface area contributed by atoms with Crippen LogP contribution < -0.4 is 4.72 Å². The minimum atomic E-state index is -3.88. The summed E-state index contributed by atoms with van der Waals surface area (Å²) in [6.07, 6.45) is 1.42. The van der Waals surface area contributed by atoms with Crippen molar-refractivity contribution >= 4 is 54.8 Å². The highest BCUT2D eigenvalue weighted by molar-refractivity contribution is 9.10. The number of nitrogens with zero attached hydrogens (tertiary/aromatic N) is 1. The molecule has 106 valence electrons. The van der Waals surface area contributed by atoms with Crippen LogP contribution in [-0.4, -0.2) is 13.4 Å². The molecule has 20 heavy (non-hydrogen) atoms. The molecule has 4 nitrogen and oxygen atoms in total. The number of pyridine rings is 1. The van der Waals surface area contributed by atoms with Gasteiger partial charge in [-0.15, -0.1) is 0 Å². The van der Waals surface area contributed by atoms with Crippen molar-refractivity contribution in [2.45, 2.75) is 11.8 Å². The molecule has 0 unspecified atom stereocenters. The zero-order valence-corrected chi connectivity index (χ0v) is 14.1. The van der Waals surface area contributed by atoms with E-state index in [9.17, 15) is 8.42 Å². The van der Waals surface area contributed by atoms with Crippen molar-refractivity contribution in [3.8, 4) is 0 Å². The molecule has 1 aromatic carbocycles. The summed E-state index contributed by atoms with van der Waals surface area (Å²) in [6, 6.07) is 6.24. The Morgan fingerprint density at radius 1 is 1.20 bits per heavy atom. The molecule has 0 aliphatic heterocycles. The molecule has 0 radical (unpaired) electrons. The minimum Gasteiger partial charge on any atom is -0.278 e. The van der Waals surface area contributed by atoms with Crippen molar-refractivity contribution in [2.24, 2.45) is 0 Å². The Balaban J connectivity index is 2.43. The largest absolute Gasteiger partial charge is 0.278 e. The second-order valence-electron chi connectivity index (χ2n) is 3.99. The molecule has 1 aromatic heterocycles. The highest BCUT2D eigenvalue weighted by atomic mass is 79.9. The SMILES string of the molecule is Cc1ccc(NS(=O)(=O)c2c(Cl)cc(Br)cc2Cl)cn1. The van der Waals surface area contributed by atoms with E-state index in [-0.39, 0.29) is 14.9 Å². The topological polar surface area (TPSA) is 59.1 Å². The number of halogens is 3. The molecule has 2 rings (SSSR count). The molecule has 1 heterocycles. The van der Waals surface area contributed by atoms with E-state index in [0.29, 0.717) is 10.2 Å². The first-order valence-electron chi connectivity index (χ1n) is 5.39. The average Bonchev–Trinajstić information content (AvgIpc) is 2.30. The summed E-state index contributed by atoms with van der Waals surface area (Å²) < 4.78 is 27.6. The summed E-state index contributed by atoms with van der Waals surface area (Å²) in [5, 5.41) is 0.0777. The molecule has 0 fully saturated rings. The van der Waals surface area contributed by atoms with Crippen molar-refractivity contribution in [1.29, 1.82) is 0 Å². The predicted molar refractivity (Wildman–Crippen MR) is 83.9 cm³/mol. The number of nitrogens with one attached hydrogen (secondary N) is 1. The summed E-state index contributed by atoms with van der Waals surface area (Å²) in [5.74, 6) is 0. The Morgan fingerprint density at radius 3 is 2.30 bits per heavy atom. The molecule has 0 amide bonds. The molecule has 0 spiro atoms. The summed E-state index contributed by atoms with van der Waals surface area (Å²) in [5.41, 5.74) is 1.12. The van der Waals surface area contributed by atoms with Gasteiger partial charge in [0.05, 0.1) is 21.9 Å². The van der Waals surface area contributed by atoms with E-state index in [1.165, 1.54) is 18.3 Å². The van der Waals surface area contributed by atoms with Gasteiger partial charge in [-0.25, -0.2) is 8.42 Å². The van der Waals surface area contributed by atoms with Crippen LogP contribution in [0.15, 0.2) is 39.8 Å². The van der Waals surface area contributed by atoms with Crippen LogP contribution in [0.4, 0.5) is 5.69 Å². The van der Waals surface area contributed by atoms with Gasteiger partial charge < -0.3 is 0 Å². The third-order valence-electron chi connectivity index (χ3n) is 2.40. The predicted octanol–water partition coefficient (Wildman–Crippen LogP) is 4.26. The molecule has 0 atom stereocenters. The number of rotatable bonds is 3. The van der Waals surface area contributed by atoms with Gasteiger partial charge in [0.15, 0.2) is 0 Å². The monoisotopic (exact) mass is 394 g/mol. The number of benzene rings is 1. The number of aromatic nitrogens is 1. The maximum Gasteiger partial charge on any atom is 0.264 e. The molecule has 0 saturated carbocycles.